The minimum atomic E-state index is -3.60. The Morgan fingerprint density at radius 2 is 1.69 bits per heavy atom. The predicted molar refractivity (Wildman–Crippen MR) is 139 cm³/mol. The molecule has 1 fully saturated rings. The Morgan fingerprint density at radius 1 is 1.03 bits per heavy atom. The van der Waals surface area contributed by atoms with Crippen LogP contribution in [0.3, 0.4) is 0 Å². The molecular formula is C26H31N3O5S2. The second-order valence-corrected chi connectivity index (χ2v) is 11.9. The Hall–Kier alpha value is -2.82. The first kappa shape index (κ1) is 26.2. The summed E-state index contributed by atoms with van der Waals surface area (Å²) >= 11 is 1.34. The Balaban J connectivity index is 1.68. The van der Waals surface area contributed by atoms with Crippen molar-refractivity contribution in [3.05, 3.63) is 57.9 Å². The van der Waals surface area contributed by atoms with Crippen LogP contribution in [0.2, 0.25) is 0 Å². The van der Waals surface area contributed by atoms with E-state index < -0.39 is 21.9 Å². The number of ether oxygens (including phenoxy) is 1. The molecule has 2 heterocycles. The maximum atomic E-state index is 13.1. The van der Waals surface area contributed by atoms with Crippen molar-refractivity contribution in [2.75, 3.05) is 19.7 Å². The van der Waals surface area contributed by atoms with Gasteiger partial charge in [-0.3, -0.25) is 9.59 Å². The van der Waals surface area contributed by atoms with Crippen molar-refractivity contribution in [1.82, 2.24) is 8.87 Å². The third-order valence-electron chi connectivity index (χ3n) is 6.21. The van der Waals surface area contributed by atoms with Crippen molar-refractivity contribution in [2.24, 2.45) is 4.99 Å². The van der Waals surface area contributed by atoms with E-state index in [-0.39, 0.29) is 23.6 Å². The van der Waals surface area contributed by atoms with E-state index in [1.165, 1.54) is 39.9 Å². The fourth-order valence-electron chi connectivity index (χ4n) is 4.44. The van der Waals surface area contributed by atoms with E-state index in [9.17, 15) is 18.0 Å². The van der Waals surface area contributed by atoms with Gasteiger partial charge in [-0.1, -0.05) is 30.2 Å². The van der Waals surface area contributed by atoms with Crippen LogP contribution >= 0.6 is 11.3 Å². The van der Waals surface area contributed by atoms with Gasteiger partial charge in [-0.05, 0) is 75.1 Å². The number of sulfonamides is 1. The smallest absolute Gasteiger partial charge is 0.326 e. The number of thiazole rings is 1. The first-order chi connectivity index (χ1) is 17.2. The van der Waals surface area contributed by atoms with Gasteiger partial charge in [-0.25, -0.2) is 8.42 Å². The maximum Gasteiger partial charge on any atom is 0.326 e. The molecule has 0 N–H and O–H groups in total. The zero-order chi connectivity index (χ0) is 25.9. The highest BCUT2D eigenvalue weighted by Gasteiger charge is 2.25. The van der Waals surface area contributed by atoms with Crippen molar-refractivity contribution in [3.63, 3.8) is 0 Å². The molecule has 4 rings (SSSR count). The van der Waals surface area contributed by atoms with Crippen molar-refractivity contribution in [2.45, 2.75) is 57.9 Å². The number of esters is 1. The van der Waals surface area contributed by atoms with Gasteiger partial charge < -0.3 is 9.30 Å². The molecule has 0 aliphatic carbocycles. The molecule has 192 valence electrons. The van der Waals surface area contributed by atoms with Gasteiger partial charge in [0, 0.05) is 18.7 Å². The van der Waals surface area contributed by atoms with Crippen molar-refractivity contribution < 1.29 is 22.7 Å². The fourth-order valence-corrected chi connectivity index (χ4v) is 7.03. The van der Waals surface area contributed by atoms with Gasteiger partial charge in [0.05, 0.1) is 21.7 Å². The first-order valence-corrected chi connectivity index (χ1v) is 14.4. The topological polar surface area (TPSA) is 98.0 Å². The van der Waals surface area contributed by atoms with E-state index in [4.69, 9.17) is 4.74 Å². The molecule has 1 saturated heterocycles. The standard InChI is InChI=1S/C26H31N3O5S2/c1-4-34-23(30)17-29-22-16-18(2)15-19(3)24(22)35-26(29)27-25(31)20-9-11-21(12-10-20)36(32,33)28-13-7-5-6-8-14-28/h9-12,15-16H,4-8,13-14,17H2,1-3H3. The van der Waals surface area contributed by atoms with Crippen LogP contribution in [0.4, 0.5) is 0 Å². The Labute approximate surface area is 215 Å². The van der Waals surface area contributed by atoms with E-state index in [2.05, 4.69) is 4.99 Å². The molecule has 0 spiro atoms. The number of nitrogens with zero attached hydrogens (tertiary/aromatic N) is 3. The summed E-state index contributed by atoms with van der Waals surface area (Å²) in [6, 6.07) is 9.93. The highest BCUT2D eigenvalue weighted by molar-refractivity contribution is 7.89. The van der Waals surface area contributed by atoms with Gasteiger partial charge in [-0.2, -0.15) is 9.30 Å². The number of fused-ring (bicyclic) bond motifs is 1. The zero-order valence-corrected chi connectivity index (χ0v) is 22.5. The SMILES string of the molecule is CCOC(=O)Cn1c(=NC(=O)c2ccc(S(=O)(=O)N3CCCCCC3)cc2)sc2c(C)cc(C)cc21. The quantitative estimate of drug-likeness (QED) is 0.446. The van der Waals surface area contributed by atoms with E-state index in [1.54, 1.807) is 11.5 Å². The van der Waals surface area contributed by atoms with Crippen LogP contribution < -0.4 is 4.80 Å². The van der Waals surface area contributed by atoms with Crippen LogP contribution in [0.5, 0.6) is 0 Å². The minimum absolute atomic E-state index is 0.0597. The van der Waals surface area contributed by atoms with Crippen LogP contribution in [-0.4, -0.2) is 48.9 Å². The summed E-state index contributed by atoms with van der Waals surface area (Å²) in [6.07, 6.45) is 3.78. The molecule has 0 bridgehead atoms. The van der Waals surface area contributed by atoms with Crippen LogP contribution in [-0.2, 0) is 26.1 Å². The molecule has 1 aromatic heterocycles. The second kappa shape index (κ2) is 11.1. The first-order valence-electron chi connectivity index (χ1n) is 12.2. The highest BCUT2D eigenvalue weighted by atomic mass is 32.2. The summed E-state index contributed by atoms with van der Waals surface area (Å²) in [6.45, 7) is 6.94. The molecule has 1 amide bonds. The minimum Gasteiger partial charge on any atom is -0.465 e. The molecule has 0 unspecified atom stereocenters. The molecule has 3 aromatic rings. The third-order valence-corrected chi connectivity index (χ3v) is 9.35. The molecular weight excluding hydrogens is 498 g/mol. The summed E-state index contributed by atoms with van der Waals surface area (Å²) in [5.74, 6) is -0.916. The third kappa shape index (κ3) is 5.61. The van der Waals surface area contributed by atoms with Crippen molar-refractivity contribution in [3.8, 4) is 0 Å². The normalized spacial score (nSPS) is 15.7. The number of amides is 1. The van der Waals surface area contributed by atoms with Crippen LogP contribution in [0.1, 0.15) is 54.1 Å². The van der Waals surface area contributed by atoms with Crippen LogP contribution in [0, 0.1) is 13.8 Å². The Morgan fingerprint density at radius 3 is 2.33 bits per heavy atom. The number of aryl methyl sites for hydroxylation is 2. The van der Waals surface area contributed by atoms with E-state index in [1.807, 2.05) is 26.0 Å². The van der Waals surface area contributed by atoms with Crippen molar-refractivity contribution >= 4 is 43.5 Å². The van der Waals surface area contributed by atoms with Crippen LogP contribution in [0.25, 0.3) is 10.2 Å². The number of carbonyl (C=O) groups is 2. The summed E-state index contributed by atoms with van der Waals surface area (Å²) in [5, 5.41) is 0. The van der Waals surface area contributed by atoms with E-state index >= 15 is 0 Å². The van der Waals surface area contributed by atoms with Gasteiger partial charge in [0.15, 0.2) is 4.80 Å². The Bertz CT molecular complexity index is 1450. The van der Waals surface area contributed by atoms with Gasteiger partial charge in [0.25, 0.3) is 5.91 Å². The molecule has 10 heteroatoms. The second-order valence-electron chi connectivity index (χ2n) is 8.97. The molecule has 2 aromatic carbocycles. The molecule has 0 radical (unpaired) electrons. The molecule has 8 nitrogen and oxygen atoms in total. The number of carbonyl (C=O) groups excluding carboxylic acids is 2. The summed E-state index contributed by atoms with van der Waals surface area (Å²) < 4.78 is 35.4. The van der Waals surface area contributed by atoms with Crippen LogP contribution in [0.15, 0.2) is 46.3 Å². The molecule has 1 aliphatic rings. The largest absolute Gasteiger partial charge is 0.465 e. The van der Waals surface area contributed by atoms with E-state index in [0.717, 1.165) is 47.0 Å². The van der Waals surface area contributed by atoms with Gasteiger partial charge in [0.2, 0.25) is 10.0 Å². The summed E-state index contributed by atoms with van der Waals surface area (Å²) in [7, 11) is -3.60. The van der Waals surface area contributed by atoms with Gasteiger partial charge in [0.1, 0.15) is 6.54 Å². The number of aromatic nitrogens is 1. The molecule has 1 aliphatic heterocycles. The number of benzene rings is 2. The lowest BCUT2D eigenvalue weighted by molar-refractivity contribution is -0.143. The maximum absolute atomic E-state index is 13.1. The van der Waals surface area contributed by atoms with Gasteiger partial charge in [-0.15, -0.1) is 0 Å². The molecule has 0 saturated carbocycles. The molecule has 0 atom stereocenters. The van der Waals surface area contributed by atoms with Gasteiger partial charge >= 0.3 is 5.97 Å². The van der Waals surface area contributed by atoms with E-state index in [0.29, 0.717) is 17.9 Å². The average molecular weight is 530 g/mol. The lowest BCUT2D eigenvalue weighted by atomic mass is 10.1. The lowest BCUT2D eigenvalue weighted by Gasteiger charge is -2.19. The van der Waals surface area contributed by atoms with Crippen molar-refractivity contribution in [1.29, 1.82) is 0 Å². The Kier molecular flexibility index (Phi) is 8.07. The number of rotatable bonds is 6. The average Bonchev–Trinajstić information content (AvgIpc) is 3.01. The summed E-state index contributed by atoms with van der Waals surface area (Å²) in [4.78, 5) is 30.2. The predicted octanol–water partition coefficient (Wildman–Crippen LogP) is 4.19. The lowest BCUT2D eigenvalue weighted by Crippen LogP contribution is -2.31. The monoisotopic (exact) mass is 529 g/mol. The zero-order valence-electron chi connectivity index (χ0n) is 20.8. The number of hydrogen-bond donors (Lipinski definition) is 0. The fraction of sp³-hybridized carbons (Fsp3) is 0.423. The highest BCUT2D eigenvalue weighted by Crippen LogP contribution is 2.24. The summed E-state index contributed by atoms with van der Waals surface area (Å²) in [5.41, 5.74) is 3.16. The number of hydrogen-bond acceptors (Lipinski definition) is 6. The molecule has 36 heavy (non-hydrogen) atoms.